The zero-order valence-electron chi connectivity index (χ0n) is 14.2. The summed E-state index contributed by atoms with van der Waals surface area (Å²) in [5.74, 6) is 0.415. The quantitative estimate of drug-likeness (QED) is 0.705. The van der Waals surface area contributed by atoms with E-state index in [2.05, 4.69) is 5.32 Å². The van der Waals surface area contributed by atoms with Crippen LogP contribution in [0.5, 0.6) is 11.5 Å². The number of amides is 1. The van der Waals surface area contributed by atoms with Crippen LogP contribution in [0.1, 0.15) is 32.3 Å². The van der Waals surface area contributed by atoms with Crippen molar-refractivity contribution < 1.29 is 23.8 Å². The van der Waals surface area contributed by atoms with E-state index < -0.39 is 5.97 Å². The number of esters is 1. The molecule has 0 saturated heterocycles. The normalized spacial score (nSPS) is 11.5. The lowest BCUT2D eigenvalue weighted by molar-refractivity contribution is -0.148. The Balaban J connectivity index is 2.49. The molecule has 0 aliphatic carbocycles. The van der Waals surface area contributed by atoms with E-state index in [0.29, 0.717) is 17.1 Å². The Morgan fingerprint density at radius 1 is 1.22 bits per heavy atom. The van der Waals surface area contributed by atoms with Gasteiger partial charge in [0.1, 0.15) is 11.5 Å². The van der Waals surface area contributed by atoms with Crippen molar-refractivity contribution >= 4 is 11.9 Å². The maximum atomic E-state index is 11.9. The van der Waals surface area contributed by atoms with Gasteiger partial charge in [0.25, 0.3) is 5.91 Å². The molecule has 0 saturated carbocycles. The van der Waals surface area contributed by atoms with Crippen LogP contribution in [-0.2, 0) is 20.7 Å². The third-order valence-corrected chi connectivity index (χ3v) is 3.32. The molecule has 1 amide bonds. The summed E-state index contributed by atoms with van der Waals surface area (Å²) < 4.78 is 15.3. The van der Waals surface area contributed by atoms with Crippen LogP contribution in [0, 0.1) is 0 Å². The molecule has 6 heteroatoms. The number of carbonyl (C=O) groups excluding carboxylic acids is 2. The highest BCUT2D eigenvalue weighted by molar-refractivity contribution is 5.81. The summed E-state index contributed by atoms with van der Waals surface area (Å²) in [4.78, 5) is 23.5. The van der Waals surface area contributed by atoms with Crippen LogP contribution < -0.4 is 14.8 Å². The van der Waals surface area contributed by atoms with Gasteiger partial charge in [-0.3, -0.25) is 9.59 Å². The lowest BCUT2D eigenvalue weighted by Gasteiger charge is -2.13. The summed E-state index contributed by atoms with van der Waals surface area (Å²) in [5, 5.41) is 2.78. The second-order valence-electron chi connectivity index (χ2n) is 5.27. The largest absolute Gasteiger partial charge is 0.497 e. The van der Waals surface area contributed by atoms with Crippen molar-refractivity contribution in [3.8, 4) is 11.5 Å². The zero-order valence-corrected chi connectivity index (χ0v) is 14.2. The zero-order chi connectivity index (χ0) is 17.2. The summed E-state index contributed by atoms with van der Waals surface area (Å²) >= 11 is 0. The number of rotatable bonds is 9. The fraction of sp³-hybridized carbons (Fsp3) is 0.529. The van der Waals surface area contributed by atoms with Gasteiger partial charge in [-0.25, -0.2) is 0 Å². The summed E-state index contributed by atoms with van der Waals surface area (Å²) in [6.45, 7) is 3.70. The molecule has 23 heavy (non-hydrogen) atoms. The van der Waals surface area contributed by atoms with Crippen molar-refractivity contribution in [2.75, 3.05) is 20.8 Å². The molecular weight excluding hydrogens is 298 g/mol. The first-order chi connectivity index (χ1) is 11.0. The maximum Gasteiger partial charge on any atom is 0.310 e. The Morgan fingerprint density at radius 3 is 2.57 bits per heavy atom. The van der Waals surface area contributed by atoms with Crippen LogP contribution in [-0.4, -0.2) is 38.7 Å². The van der Waals surface area contributed by atoms with Crippen molar-refractivity contribution in [2.45, 2.75) is 39.2 Å². The Morgan fingerprint density at radius 2 is 1.96 bits per heavy atom. The maximum absolute atomic E-state index is 11.9. The van der Waals surface area contributed by atoms with Gasteiger partial charge < -0.3 is 19.5 Å². The highest BCUT2D eigenvalue weighted by atomic mass is 16.5. The third kappa shape index (κ3) is 6.59. The van der Waals surface area contributed by atoms with Gasteiger partial charge in [-0.15, -0.1) is 0 Å². The predicted octanol–water partition coefficient (Wildman–Crippen LogP) is 2.09. The number of nitrogens with one attached hydrogen (secondary N) is 1. The lowest BCUT2D eigenvalue weighted by Crippen LogP contribution is -2.35. The number of methoxy groups -OCH3 is 2. The molecule has 1 aromatic rings. The first kappa shape index (κ1) is 18.8. The van der Waals surface area contributed by atoms with Gasteiger partial charge in [-0.2, -0.15) is 0 Å². The first-order valence-electron chi connectivity index (χ1n) is 7.66. The second-order valence-corrected chi connectivity index (χ2v) is 5.27. The fourth-order valence-corrected chi connectivity index (χ4v) is 2.17. The van der Waals surface area contributed by atoms with E-state index in [0.717, 1.165) is 12.8 Å². The van der Waals surface area contributed by atoms with Crippen LogP contribution in [0.4, 0.5) is 0 Å². The molecule has 0 bridgehead atoms. The highest BCUT2D eigenvalue weighted by Gasteiger charge is 2.13. The number of ether oxygens (including phenoxy) is 3. The van der Waals surface area contributed by atoms with Crippen molar-refractivity contribution in [2.24, 2.45) is 0 Å². The molecule has 0 aliphatic heterocycles. The minimum absolute atomic E-state index is 0.0327. The van der Waals surface area contributed by atoms with Gasteiger partial charge in [0.2, 0.25) is 0 Å². The molecule has 0 heterocycles. The molecule has 0 aromatic heterocycles. The summed E-state index contributed by atoms with van der Waals surface area (Å²) in [6.07, 6.45) is 1.91. The van der Waals surface area contributed by atoms with E-state index in [-0.39, 0.29) is 25.0 Å². The van der Waals surface area contributed by atoms with Crippen molar-refractivity contribution in [1.82, 2.24) is 5.32 Å². The molecule has 0 fully saturated rings. The molecular formula is C17H25NO5. The van der Waals surface area contributed by atoms with Gasteiger partial charge >= 0.3 is 5.97 Å². The van der Waals surface area contributed by atoms with Gasteiger partial charge in [-0.1, -0.05) is 19.4 Å². The predicted molar refractivity (Wildman–Crippen MR) is 86.7 cm³/mol. The Labute approximate surface area is 137 Å². The molecule has 1 atom stereocenters. The minimum Gasteiger partial charge on any atom is -0.497 e. The monoisotopic (exact) mass is 323 g/mol. The molecule has 1 rings (SSSR count). The van der Waals surface area contributed by atoms with Gasteiger partial charge in [0.15, 0.2) is 6.61 Å². The van der Waals surface area contributed by atoms with Crippen LogP contribution >= 0.6 is 0 Å². The lowest BCUT2D eigenvalue weighted by atomic mass is 10.1. The number of carbonyl (C=O) groups is 2. The Hall–Kier alpha value is -2.24. The van der Waals surface area contributed by atoms with E-state index in [4.69, 9.17) is 14.2 Å². The average Bonchev–Trinajstić information content (AvgIpc) is 2.53. The molecule has 0 aliphatic rings. The van der Waals surface area contributed by atoms with Crippen molar-refractivity contribution in [3.63, 3.8) is 0 Å². The molecule has 1 aromatic carbocycles. The molecule has 6 nitrogen and oxygen atoms in total. The summed E-state index contributed by atoms with van der Waals surface area (Å²) in [5.41, 5.74) is 0.679. The number of hydrogen-bond acceptors (Lipinski definition) is 5. The Kier molecular flexibility index (Phi) is 7.94. The van der Waals surface area contributed by atoms with Crippen LogP contribution in [0.25, 0.3) is 0 Å². The molecule has 128 valence electrons. The fourth-order valence-electron chi connectivity index (χ4n) is 2.17. The SMILES string of the molecule is CCCC(C)NC(=O)COC(=O)Cc1ccc(OC)cc1OC. The third-order valence-electron chi connectivity index (χ3n) is 3.32. The van der Waals surface area contributed by atoms with Gasteiger partial charge in [-0.05, 0) is 19.4 Å². The highest BCUT2D eigenvalue weighted by Crippen LogP contribution is 2.25. The van der Waals surface area contributed by atoms with Gasteiger partial charge in [0, 0.05) is 17.7 Å². The number of benzene rings is 1. The van der Waals surface area contributed by atoms with Crippen LogP contribution in [0.15, 0.2) is 18.2 Å². The van der Waals surface area contributed by atoms with Gasteiger partial charge in [0.05, 0.1) is 20.6 Å². The standard InChI is InChI=1S/C17H25NO5/c1-5-6-12(2)18-16(19)11-23-17(20)9-13-7-8-14(21-3)10-15(13)22-4/h7-8,10,12H,5-6,9,11H2,1-4H3,(H,18,19). The second kappa shape index (κ2) is 9.71. The topological polar surface area (TPSA) is 73.9 Å². The molecule has 0 spiro atoms. The minimum atomic E-state index is -0.480. The van der Waals surface area contributed by atoms with Crippen LogP contribution in [0.2, 0.25) is 0 Å². The van der Waals surface area contributed by atoms with Crippen molar-refractivity contribution in [1.29, 1.82) is 0 Å². The smallest absolute Gasteiger partial charge is 0.310 e. The van der Waals surface area contributed by atoms with Crippen molar-refractivity contribution in [3.05, 3.63) is 23.8 Å². The van der Waals surface area contributed by atoms with E-state index in [9.17, 15) is 9.59 Å². The Bertz CT molecular complexity index is 530. The average molecular weight is 323 g/mol. The molecule has 1 unspecified atom stereocenters. The van der Waals surface area contributed by atoms with Crippen LogP contribution in [0.3, 0.4) is 0 Å². The summed E-state index contributed by atoms with van der Waals surface area (Å²) in [7, 11) is 3.08. The van der Waals surface area contributed by atoms with E-state index in [1.165, 1.54) is 7.11 Å². The first-order valence-corrected chi connectivity index (χ1v) is 7.66. The van der Waals surface area contributed by atoms with E-state index in [1.54, 1.807) is 25.3 Å². The molecule has 0 radical (unpaired) electrons. The van der Waals surface area contributed by atoms with E-state index in [1.807, 2.05) is 13.8 Å². The van der Waals surface area contributed by atoms with E-state index >= 15 is 0 Å². The molecule has 1 N–H and O–H groups in total. The summed E-state index contributed by atoms with van der Waals surface area (Å²) in [6, 6.07) is 5.25. The number of hydrogen-bond donors (Lipinski definition) is 1.